The van der Waals surface area contributed by atoms with E-state index in [1.54, 1.807) is 24.3 Å². The molecule has 2 aromatic carbocycles. The predicted molar refractivity (Wildman–Crippen MR) is 107 cm³/mol. The first-order chi connectivity index (χ1) is 14.0. The summed E-state index contributed by atoms with van der Waals surface area (Å²) in [5.74, 6) is -0.419. The Morgan fingerprint density at radius 1 is 1.03 bits per heavy atom. The Bertz CT molecular complexity index is 1070. The van der Waals surface area contributed by atoms with E-state index in [0.717, 1.165) is 0 Å². The standard InChI is InChI=1S/C21H19N3O5/c1-3-29-17-10-8-16(9-11-17)24-13-12-18(25)19(23-24)20(26)22-15-6-4-14(5-7-15)21(27)28-2/h4-13H,3H2,1-2H3,(H,22,26). The number of hydrogen-bond donors (Lipinski definition) is 1. The SMILES string of the molecule is CCOc1ccc(-n2ccc(=O)c(C(=O)Nc3ccc(C(=O)OC)cc3)n2)cc1. The molecule has 1 aromatic heterocycles. The summed E-state index contributed by atoms with van der Waals surface area (Å²) >= 11 is 0. The Kier molecular flexibility index (Phi) is 6.03. The van der Waals surface area contributed by atoms with Crippen molar-refractivity contribution in [3.05, 3.63) is 82.3 Å². The average molecular weight is 393 g/mol. The van der Waals surface area contributed by atoms with Gasteiger partial charge in [0.2, 0.25) is 5.43 Å². The maximum atomic E-state index is 12.5. The lowest BCUT2D eigenvalue weighted by Crippen LogP contribution is -2.25. The third-order valence-electron chi connectivity index (χ3n) is 4.00. The number of nitrogens with zero attached hydrogens (tertiary/aromatic N) is 2. The molecule has 3 aromatic rings. The quantitative estimate of drug-likeness (QED) is 0.647. The van der Waals surface area contributed by atoms with Gasteiger partial charge in [0.1, 0.15) is 5.75 Å². The highest BCUT2D eigenvalue weighted by molar-refractivity contribution is 6.03. The van der Waals surface area contributed by atoms with Crippen LogP contribution in [-0.2, 0) is 4.74 Å². The van der Waals surface area contributed by atoms with E-state index < -0.39 is 17.3 Å². The van der Waals surface area contributed by atoms with Crippen LogP contribution in [0.1, 0.15) is 27.8 Å². The van der Waals surface area contributed by atoms with Gasteiger partial charge in [0.15, 0.2) is 5.69 Å². The largest absolute Gasteiger partial charge is 0.494 e. The van der Waals surface area contributed by atoms with Gasteiger partial charge in [0.05, 0.1) is 25.0 Å². The minimum absolute atomic E-state index is 0.251. The number of nitrogens with one attached hydrogen (secondary N) is 1. The van der Waals surface area contributed by atoms with E-state index in [9.17, 15) is 14.4 Å². The molecule has 0 unspecified atom stereocenters. The van der Waals surface area contributed by atoms with Crippen molar-refractivity contribution in [2.24, 2.45) is 0 Å². The maximum Gasteiger partial charge on any atom is 0.337 e. The molecule has 0 spiro atoms. The molecule has 1 heterocycles. The van der Waals surface area contributed by atoms with E-state index >= 15 is 0 Å². The molecule has 1 N–H and O–H groups in total. The summed E-state index contributed by atoms with van der Waals surface area (Å²) in [6, 6.07) is 14.5. The van der Waals surface area contributed by atoms with Crippen molar-refractivity contribution in [3.63, 3.8) is 0 Å². The number of carbonyl (C=O) groups is 2. The lowest BCUT2D eigenvalue weighted by molar-refractivity contribution is 0.0600. The van der Waals surface area contributed by atoms with Crippen LogP contribution < -0.4 is 15.5 Å². The molecule has 29 heavy (non-hydrogen) atoms. The van der Waals surface area contributed by atoms with Crippen molar-refractivity contribution in [1.82, 2.24) is 9.78 Å². The molecule has 0 aliphatic carbocycles. The van der Waals surface area contributed by atoms with Crippen molar-refractivity contribution in [3.8, 4) is 11.4 Å². The van der Waals surface area contributed by atoms with Crippen LogP contribution in [0.15, 0.2) is 65.6 Å². The van der Waals surface area contributed by atoms with Crippen LogP contribution in [-0.4, -0.2) is 35.4 Å². The second-order valence-electron chi connectivity index (χ2n) is 5.92. The van der Waals surface area contributed by atoms with Gasteiger partial charge in [-0.15, -0.1) is 0 Å². The third kappa shape index (κ3) is 4.67. The van der Waals surface area contributed by atoms with Crippen molar-refractivity contribution in [2.75, 3.05) is 19.0 Å². The minimum atomic E-state index is -0.652. The molecule has 1 amide bonds. The van der Waals surface area contributed by atoms with E-state index in [1.807, 2.05) is 6.92 Å². The number of aromatic nitrogens is 2. The van der Waals surface area contributed by atoms with E-state index in [4.69, 9.17) is 4.74 Å². The van der Waals surface area contributed by atoms with Crippen LogP contribution in [0.4, 0.5) is 5.69 Å². The fourth-order valence-corrected chi connectivity index (χ4v) is 2.57. The fourth-order valence-electron chi connectivity index (χ4n) is 2.57. The molecule has 8 heteroatoms. The summed E-state index contributed by atoms with van der Waals surface area (Å²) in [5.41, 5.74) is 0.681. The summed E-state index contributed by atoms with van der Waals surface area (Å²) in [5, 5.41) is 6.75. The molecule has 0 fully saturated rings. The van der Waals surface area contributed by atoms with Crippen molar-refractivity contribution in [1.29, 1.82) is 0 Å². The van der Waals surface area contributed by atoms with Crippen molar-refractivity contribution >= 4 is 17.6 Å². The highest BCUT2D eigenvalue weighted by Crippen LogP contribution is 2.15. The van der Waals surface area contributed by atoms with Gasteiger partial charge in [-0.2, -0.15) is 5.10 Å². The number of rotatable bonds is 6. The Labute approximate surface area is 166 Å². The molecule has 0 saturated carbocycles. The second kappa shape index (κ2) is 8.83. The number of hydrogen-bond acceptors (Lipinski definition) is 6. The summed E-state index contributed by atoms with van der Waals surface area (Å²) in [7, 11) is 1.29. The summed E-state index contributed by atoms with van der Waals surface area (Å²) < 4.78 is 11.5. The molecule has 0 bridgehead atoms. The lowest BCUT2D eigenvalue weighted by atomic mass is 10.2. The lowest BCUT2D eigenvalue weighted by Gasteiger charge is -2.09. The number of amides is 1. The molecule has 0 aliphatic rings. The van der Waals surface area contributed by atoms with Gasteiger partial charge < -0.3 is 14.8 Å². The summed E-state index contributed by atoms with van der Waals surface area (Å²) in [4.78, 5) is 36.1. The number of anilines is 1. The van der Waals surface area contributed by atoms with Gasteiger partial charge in [-0.3, -0.25) is 9.59 Å². The monoisotopic (exact) mass is 393 g/mol. The topological polar surface area (TPSA) is 99.5 Å². The maximum absolute atomic E-state index is 12.5. The molecule has 0 atom stereocenters. The fraction of sp³-hybridized carbons (Fsp3) is 0.143. The van der Waals surface area contributed by atoms with Crippen LogP contribution in [0.5, 0.6) is 5.75 Å². The molecule has 0 radical (unpaired) electrons. The summed E-state index contributed by atoms with van der Waals surface area (Å²) in [6.07, 6.45) is 1.49. The predicted octanol–water partition coefficient (Wildman–Crippen LogP) is 2.67. The van der Waals surface area contributed by atoms with Crippen molar-refractivity contribution < 1.29 is 19.1 Å². The number of carbonyl (C=O) groups excluding carboxylic acids is 2. The highest BCUT2D eigenvalue weighted by Gasteiger charge is 2.14. The van der Waals surface area contributed by atoms with Gasteiger partial charge in [-0.1, -0.05) is 0 Å². The average Bonchev–Trinajstić information content (AvgIpc) is 2.75. The first-order valence-corrected chi connectivity index (χ1v) is 8.84. The zero-order chi connectivity index (χ0) is 20.8. The third-order valence-corrected chi connectivity index (χ3v) is 4.00. The zero-order valence-electron chi connectivity index (χ0n) is 15.9. The Balaban J connectivity index is 1.81. The van der Waals surface area contributed by atoms with Gasteiger partial charge in [0.25, 0.3) is 5.91 Å². The van der Waals surface area contributed by atoms with Crippen LogP contribution >= 0.6 is 0 Å². The minimum Gasteiger partial charge on any atom is -0.494 e. The van der Waals surface area contributed by atoms with Crippen molar-refractivity contribution in [2.45, 2.75) is 6.92 Å². The molecule has 0 saturated heterocycles. The smallest absolute Gasteiger partial charge is 0.337 e. The van der Waals surface area contributed by atoms with Gasteiger partial charge in [-0.25, -0.2) is 9.48 Å². The highest BCUT2D eigenvalue weighted by atomic mass is 16.5. The van der Waals surface area contributed by atoms with Gasteiger partial charge >= 0.3 is 5.97 Å². The van der Waals surface area contributed by atoms with Gasteiger partial charge in [-0.05, 0) is 55.5 Å². The number of esters is 1. The zero-order valence-corrected chi connectivity index (χ0v) is 15.9. The Morgan fingerprint density at radius 3 is 2.34 bits per heavy atom. The molecule has 0 aliphatic heterocycles. The first-order valence-electron chi connectivity index (χ1n) is 8.84. The second-order valence-corrected chi connectivity index (χ2v) is 5.92. The normalized spacial score (nSPS) is 10.3. The Morgan fingerprint density at radius 2 is 1.72 bits per heavy atom. The number of benzene rings is 2. The van der Waals surface area contributed by atoms with Crippen LogP contribution in [0, 0.1) is 0 Å². The van der Waals surface area contributed by atoms with E-state index in [-0.39, 0.29) is 5.69 Å². The number of methoxy groups -OCH3 is 1. The van der Waals surface area contributed by atoms with Crippen LogP contribution in [0.25, 0.3) is 5.69 Å². The molecule has 8 nitrogen and oxygen atoms in total. The summed E-state index contributed by atoms with van der Waals surface area (Å²) in [6.45, 7) is 2.45. The molecular formula is C21H19N3O5. The van der Waals surface area contributed by atoms with Crippen LogP contribution in [0.3, 0.4) is 0 Å². The first kappa shape index (κ1) is 19.8. The molecule has 148 valence electrons. The van der Waals surface area contributed by atoms with E-state index in [2.05, 4.69) is 15.2 Å². The van der Waals surface area contributed by atoms with E-state index in [0.29, 0.717) is 29.3 Å². The van der Waals surface area contributed by atoms with Crippen LogP contribution in [0.2, 0.25) is 0 Å². The van der Waals surface area contributed by atoms with E-state index in [1.165, 1.54) is 48.3 Å². The van der Waals surface area contributed by atoms with Gasteiger partial charge in [0, 0.05) is 18.0 Å². The Hall–Kier alpha value is -3.94. The number of ether oxygens (including phenoxy) is 2. The molecular weight excluding hydrogens is 374 g/mol. The molecule has 3 rings (SSSR count).